The monoisotopic (exact) mass is 235 g/mol. The average molecular weight is 236 g/mol. The Bertz CT molecular complexity index is 291. The van der Waals surface area contributed by atoms with Gasteiger partial charge in [0.2, 0.25) is 0 Å². The number of carbonyl (C=O) groups is 1. The van der Waals surface area contributed by atoms with E-state index in [-0.39, 0.29) is 16.9 Å². The summed E-state index contributed by atoms with van der Waals surface area (Å²) in [6.07, 6.45) is 1.64. The molecular formula is C7H10ClN3O2S. The number of hydrogen-bond acceptors (Lipinski definition) is 5. The van der Waals surface area contributed by atoms with Gasteiger partial charge in [-0.25, -0.2) is 9.79 Å². The van der Waals surface area contributed by atoms with E-state index in [1.54, 1.807) is 13.2 Å². The molecule has 0 fully saturated rings. The second kappa shape index (κ2) is 6.56. The Morgan fingerprint density at radius 1 is 1.57 bits per heavy atom. The number of carbonyl (C=O) groups excluding carboxylic acids is 1. The highest BCUT2D eigenvalue weighted by Gasteiger charge is 2.15. The molecule has 0 saturated carbocycles. The third-order valence-corrected chi connectivity index (χ3v) is 1.83. The lowest BCUT2D eigenvalue weighted by atomic mass is 10.4. The van der Waals surface area contributed by atoms with Gasteiger partial charge in [-0.2, -0.15) is 0 Å². The minimum absolute atomic E-state index is 0.0657. The molecule has 0 amide bonds. The minimum atomic E-state index is -0.838. The smallest absolute Gasteiger partial charge is 0.359 e. The lowest BCUT2D eigenvalue weighted by molar-refractivity contribution is -0.134. The van der Waals surface area contributed by atoms with Crippen molar-refractivity contribution in [3.63, 3.8) is 0 Å². The van der Waals surface area contributed by atoms with Crippen molar-refractivity contribution in [3.8, 4) is 0 Å². The normalized spacial score (nSPS) is 10.9. The second-order valence-corrected chi connectivity index (χ2v) is 3.16. The molecule has 0 aromatic heterocycles. The van der Waals surface area contributed by atoms with Gasteiger partial charge in [0.15, 0.2) is 16.1 Å². The molecule has 0 heterocycles. The molecule has 0 radical (unpaired) electrons. The Balaban J connectivity index is 4.46. The van der Waals surface area contributed by atoms with Crippen LogP contribution in [0.25, 0.3) is 0 Å². The Hall–Kier alpha value is -0.880. The first-order chi connectivity index (χ1) is 6.52. The van der Waals surface area contributed by atoms with Gasteiger partial charge in [0.25, 0.3) is 0 Å². The first-order valence-electron chi connectivity index (χ1n) is 3.65. The molecule has 14 heavy (non-hydrogen) atoms. The van der Waals surface area contributed by atoms with Crippen LogP contribution >= 0.6 is 23.4 Å². The zero-order chi connectivity index (χ0) is 11.1. The van der Waals surface area contributed by atoms with Crippen molar-refractivity contribution in [1.29, 1.82) is 10.8 Å². The fourth-order valence-corrected chi connectivity index (χ4v) is 0.873. The van der Waals surface area contributed by atoms with E-state index in [4.69, 9.17) is 22.4 Å². The largest absolute Gasteiger partial charge is 0.461 e. The maximum absolute atomic E-state index is 11.0. The summed E-state index contributed by atoms with van der Waals surface area (Å²) in [6, 6.07) is 0. The highest BCUT2D eigenvalue weighted by molar-refractivity contribution is 8.13. The molecular weight excluding hydrogens is 226 g/mol. The van der Waals surface area contributed by atoms with Crippen molar-refractivity contribution in [2.75, 3.05) is 12.9 Å². The number of ether oxygens (including phenoxy) is 1. The van der Waals surface area contributed by atoms with Gasteiger partial charge in [-0.15, -0.1) is 0 Å². The number of nitrogens with one attached hydrogen (secondary N) is 2. The Morgan fingerprint density at radius 2 is 2.14 bits per heavy atom. The second-order valence-electron chi connectivity index (χ2n) is 2.01. The molecule has 0 atom stereocenters. The predicted octanol–water partition coefficient (Wildman–Crippen LogP) is 1.50. The van der Waals surface area contributed by atoms with Crippen molar-refractivity contribution in [3.05, 3.63) is 0 Å². The zero-order valence-electron chi connectivity index (χ0n) is 7.76. The predicted molar refractivity (Wildman–Crippen MR) is 58.9 cm³/mol. The molecule has 78 valence electrons. The summed E-state index contributed by atoms with van der Waals surface area (Å²) in [5, 5.41) is 14.0. The maximum Gasteiger partial charge on any atom is 0.359 e. The molecule has 2 N–H and O–H groups in total. The van der Waals surface area contributed by atoms with Crippen LogP contribution in [0.3, 0.4) is 0 Å². The first kappa shape index (κ1) is 13.1. The maximum atomic E-state index is 11.0. The third kappa shape index (κ3) is 4.38. The average Bonchev–Trinajstić information content (AvgIpc) is 2.16. The topological polar surface area (TPSA) is 86.4 Å². The molecule has 0 rings (SSSR count). The summed E-state index contributed by atoms with van der Waals surface area (Å²) in [5.74, 6) is -0.838. The molecule has 0 aromatic carbocycles. The summed E-state index contributed by atoms with van der Waals surface area (Å²) in [6.45, 7) is 1.80. The van der Waals surface area contributed by atoms with Crippen LogP contribution in [0, 0.1) is 10.8 Å². The van der Waals surface area contributed by atoms with E-state index in [0.717, 1.165) is 11.8 Å². The van der Waals surface area contributed by atoms with Crippen LogP contribution in [-0.2, 0) is 9.53 Å². The van der Waals surface area contributed by atoms with Crippen LogP contribution in [0.5, 0.6) is 0 Å². The number of rotatable bonds is 3. The van der Waals surface area contributed by atoms with Crippen molar-refractivity contribution in [2.45, 2.75) is 6.92 Å². The van der Waals surface area contributed by atoms with Gasteiger partial charge in [0.05, 0.1) is 6.61 Å². The van der Waals surface area contributed by atoms with Gasteiger partial charge in [-0.1, -0.05) is 23.4 Å². The van der Waals surface area contributed by atoms with Crippen molar-refractivity contribution in [2.24, 2.45) is 4.99 Å². The van der Waals surface area contributed by atoms with Gasteiger partial charge >= 0.3 is 5.97 Å². The summed E-state index contributed by atoms with van der Waals surface area (Å²) in [7, 11) is 0. The van der Waals surface area contributed by atoms with Crippen molar-refractivity contribution in [1.82, 2.24) is 0 Å². The summed E-state index contributed by atoms with van der Waals surface area (Å²) < 4.78 is 4.53. The molecule has 0 aliphatic heterocycles. The minimum Gasteiger partial charge on any atom is -0.461 e. The Labute approximate surface area is 90.9 Å². The lowest BCUT2D eigenvalue weighted by Crippen LogP contribution is -2.22. The van der Waals surface area contributed by atoms with Crippen LogP contribution in [0.4, 0.5) is 0 Å². The van der Waals surface area contributed by atoms with Crippen molar-refractivity contribution < 1.29 is 9.53 Å². The van der Waals surface area contributed by atoms with E-state index in [0.29, 0.717) is 0 Å². The number of esters is 1. The summed E-state index contributed by atoms with van der Waals surface area (Å²) in [4.78, 5) is 14.5. The van der Waals surface area contributed by atoms with Crippen LogP contribution in [0.2, 0.25) is 0 Å². The third-order valence-electron chi connectivity index (χ3n) is 1.08. The fourth-order valence-electron chi connectivity index (χ4n) is 0.478. The van der Waals surface area contributed by atoms with E-state index in [1.807, 2.05) is 0 Å². The molecule has 0 spiro atoms. The quantitative estimate of drug-likeness (QED) is 0.442. The highest BCUT2D eigenvalue weighted by Crippen LogP contribution is 2.00. The standard InChI is InChI=1S/C7H10ClN3O2S/c1-3-13-6(12)4(9)5(8)11-7(10)14-2/h9-10H,3H2,1-2H3. The number of amidine groups is 1. The highest BCUT2D eigenvalue weighted by atomic mass is 35.5. The van der Waals surface area contributed by atoms with Gasteiger partial charge in [-0.3, -0.25) is 10.8 Å². The van der Waals surface area contributed by atoms with Crippen LogP contribution < -0.4 is 0 Å². The number of hydrogen-bond donors (Lipinski definition) is 2. The number of aliphatic imine (C=N–C) groups is 1. The number of nitrogens with zero attached hydrogens (tertiary/aromatic N) is 1. The molecule has 0 aliphatic carbocycles. The number of halogens is 1. The van der Waals surface area contributed by atoms with E-state index in [2.05, 4.69) is 9.73 Å². The molecule has 5 nitrogen and oxygen atoms in total. The van der Waals surface area contributed by atoms with Gasteiger partial charge in [-0.05, 0) is 13.2 Å². The van der Waals surface area contributed by atoms with Crippen LogP contribution in [0.15, 0.2) is 4.99 Å². The summed E-state index contributed by atoms with van der Waals surface area (Å²) >= 11 is 6.56. The first-order valence-corrected chi connectivity index (χ1v) is 5.26. The number of thioether (sulfide) groups is 1. The zero-order valence-corrected chi connectivity index (χ0v) is 9.33. The van der Waals surface area contributed by atoms with Crippen LogP contribution in [-0.4, -0.2) is 34.9 Å². The van der Waals surface area contributed by atoms with E-state index >= 15 is 0 Å². The molecule has 0 bridgehead atoms. The van der Waals surface area contributed by atoms with Gasteiger partial charge < -0.3 is 4.74 Å². The molecule has 0 aromatic rings. The van der Waals surface area contributed by atoms with Crippen LogP contribution in [0.1, 0.15) is 6.92 Å². The SMILES string of the molecule is CCOC(=O)C(=N)C(Cl)=NC(=N)SC. The molecule has 7 heteroatoms. The molecule has 0 unspecified atom stereocenters. The van der Waals surface area contributed by atoms with E-state index in [9.17, 15) is 4.79 Å². The Morgan fingerprint density at radius 3 is 2.57 bits per heavy atom. The van der Waals surface area contributed by atoms with Gasteiger partial charge in [0.1, 0.15) is 0 Å². The molecule has 0 aliphatic rings. The van der Waals surface area contributed by atoms with Gasteiger partial charge in [0, 0.05) is 0 Å². The van der Waals surface area contributed by atoms with E-state index in [1.165, 1.54) is 0 Å². The molecule has 0 saturated heterocycles. The van der Waals surface area contributed by atoms with E-state index < -0.39 is 11.7 Å². The fraction of sp³-hybridized carbons (Fsp3) is 0.429. The summed E-state index contributed by atoms with van der Waals surface area (Å²) in [5.41, 5.74) is -0.535. The van der Waals surface area contributed by atoms with Crippen molar-refractivity contribution >= 4 is 45.4 Å². The lowest BCUT2D eigenvalue weighted by Gasteiger charge is -2.00. The Kier molecular flexibility index (Phi) is 6.14.